The highest BCUT2D eigenvalue weighted by Gasteiger charge is 2.15. The summed E-state index contributed by atoms with van der Waals surface area (Å²) < 4.78 is 1.82. The van der Waals surface area contributed by atoms with Crippen molar-refractivity contribution in [1.82, 2.24) is 24.6 Å². The predicted octanol–water partition coefficient (Wildman–Crippen LogP) is 2.99. The summed E-state index contributed by atoms with van der Waals surface area (Å²) in [4.78, 5) is 21.3. The molecule has 2 N–H and O–H groups in total. The van der Waals surface area contributed by atoms with Crippen molar-refractivity contribution in [2.24, 2.45) is 0 Å². The molecular weight excluding hydrogens is 316 g/mol. The average molecular weight is 332 g/mol. The first kappa shape index (κ1) is 15.1. The van der Waals surface area contributed by atoms with Gasteiger partial charge in [-0.15, -0.1) is 0 Å². The maximum absolute atomic E-state index is 12.8. The number of nitrogens with zero attached hydrogens (tertiary/aromatic N) is 4. The number of pyridine rings is 2. The zero-order valence-corrected chi connectivity index (χ0v) is 13.8. The number of hydrogen-bond donors (Lipinski definition) is 2. The van der Waals surface area contributed by atoms with Crippen LogP contribution in [0.3, 0.4) is 0 Å². The number of carbonyl (C=O) groups is 1. The molecule has 0 aromatic carbocycles. The third-order valence-corrected chi connectivity index (χ3v) is 3.90. The molecule has 0 bridgehead atoms. The fraction of sp³-hybridized carbons (Fsp3) is 0.111. The Bertz CT molecular complexity index is 1060. The van der Waals surface area contributed by atoms with E-state index in [-0.39, 0.29) is 5.91 Å². The average Bonchev–Trinajstić information content (AvgIpc) is 3.24. The number of aryl methyl sites for hydroxylation is 2. The maximum Gasteiger partial charge on any atom is 0.260 e. The molecule has 0 unspecified atom stereocenters. The smallest absolute Gasteiger partial charge is 0.260 e. The van der Waals surface area contributed by atoms with Crippen LogP contribution in [0.15, 0.2) is 49.1 Å². The lowest BCUT2D eigenvalue weighted by atomic mass is 10.1. The van der Waals surface area contributed by atoms with Crippen molar-refractivity contribution in [2.75, 3.05) is 5.32 Å². The fourth-order valence-electron chi connectivity index (χ4n) is 2.64. The highest BCUT2D eigenvalue weighted by atomic mass is 16.1. The van der Waals surface area contributed by atoms with Crippen molar-refractivity contribution in [1.29, 1.82) is 0 Å². The van der Waals surface area contributed by atoms with Gasteiger partial charge in [0, 0.05) is 30.4 Å². The van der Waals surface area contributed by atoms with Crippen LogP contribution in [0, 0.1) is 13.8 Å². The minimum absolute atomic E-state index is 0.259. The third-order valence-electron chi connectivity index (χ3n) is 3.90. The van der Waals surface area contributed by atoms with Gasteiger partial charge in [0.05, 0.1) is 17.0 Å². The molecule has 124 valence electrons. The lowest BCUT2D eigenvalue weighted by molar-refractivity contribution is 0.102. The van der Waals surface area contributed by atoms with E-state index in [0.29, 0.717) is 17.0 Å². The first-order valence-electron chi connectivity index (χ1n) is 7.83. The van der Waals surface area contributed by atoms with Gasteiger partial charge in [0.1, 0.15) is 11.5 Å². The van der Waals surface area contributed by atoms with Crippen molar-refractivity contribution in [2.45, 2.75) is 13.8 Å². The fourth-order valence-corrected chi connectivity index (χ4v) is 2.64. The van der Waals surface area contributed by atoms with E-state index in [2.05, 4.69) is 25.5 Å². The van der Waals surface area contributed by atoms with Gasteiger partial charge >= 0.3 is 0 Å². The van der Waals surface area contributed by atoms with Crippen molar-refractivity contribution >= 4 is 17.4 Å². The van der Waals surface area contributed by atoms with Crippen LogP contribution >= 0.6 is 0 Å². The van der Waals surface area contributed by atoms with Gasteiger partial charge in [-0.2, -0.15) is 5.10 Å². The zero-order valence-electron chi connectivity index (χ0n) is 13.8. The van der Waals surface area contributed by atoms with Gasteiger partial charge in [-0.3, -0.25) is 9.89 Å². The molecule has 0 atom stereocenters. The standard InChI is InChI=1S/C18H16N6O/c1-11-3-4-16(20-9-11)21-18(25)14-8-13(15-7-12(2)22-23-15)10-24-6-5-19-17(14)24/h3-10H,1-2H3,(H,22,23)(H,20,21,25). The van der Waals surface area contributed by atoms with Crippen LogP contribution in [-0.4, -0.2) is 30.5 Å². The molecule has 0 aliphatic rings. The summed E-state index contributed by atoms with van der Waals surface area (Å²) in [6.45, 7) is 3.86. The number of hydrogen-bond acceptors (Lipinski definition) is 4. The number of fused-ring (bicyclic) bond motifs is 1. The highest BCUT2D eigenvalue weighted by molar-refractivity contribution is 6.08. The van der Waals surface area contributed by atoms with E-state index in [0.717, 1.165) is 22.5 Å². The summed E-state index contributed by atoms with van der Waals surface area (Å²) >= 11 is 0. The first-order chi connectivity index (χ1) is 12.1. The van der Waals surface area contributed by atoms with Gasteiger partial charge in [0.25, 0.3) is 5.91 Å². The zero-order chi connectivity index (χ0) is 17.4. The Balaban J connectivity index is 1.75. The number of amides is 1. The second-order valence-electron chi connectivity index (χ2n) is 5.90. The van der Waals surface area contributed by atoms with E-state index in [4.69, 9.17) is 0 Å². The SMILES string of the molecule is Cc1ccc(NC(=O)c2cc(-c3cc(C)n[nH]3)cn3ccnc23)nc1. The van der Waals surface area contributed by atoms with Crippen molar-refractivity contribution in [3.63, 3.8) is 0 Å². The monoisotopic (exact) mass is 332 g/mol. The van der Waals surface area contributed by atoms with Gasteiger partial charge in [0.2, 0.25) is 0 Å². The molecule has 0 radical (unpaired) electrons. The number of carbonyl (C=O) groups excluding carboxylic acids is 1. The van der Waals surface area contributed by atoms with Gasteiger partial charge in [-0.25, -0.2) is 9.97 Å². The Hall–Kier alpha value is -3.48. The number of aromatic nitrogens is 5. The van der Waals surface area contributed by atoms with E-state index in [1.165, 1.54) is 0 Å². The Morgan fingerprint density at radius 2 is 2.08 bits per heavy atom. The van der Waals surface area contributed by atoms with Crippen LogP contribution in [0.4, 0.5) is 5.82 Å². The van der Waals surface area contributed by atoms with Crippen LogP contribution in [0.25, 0.3) is 16.9 Å². The number of H-pyrrole nitrogens is 1. The minimum Gasteiger partial charge on any atom is -0.306 e. The summed E-state index contributed by atoms with van der Waals surface area (Å²) in [6.07, 6.45) is 7.10. The summed E-state index contributed by atoms with van der Waals surface area (Å²) in [5.74, 6) is 0.244. The number of imidazole rings is 1. The molecular formula is C18H16N6O. The molecule has 7 heteroatoms. The molecule has 0 saturated carbocycles. The summed E-state index contributed by atoms with van der Waals surface area (Å²) in [5, 5.41) is 9.95. The van der Waals surface area contributed by atoms with Crippen molar-refractivity contribution in [3.8, 4) is 11.3 Å². The maximum atomic E-state index is 12.8. The molecule has 4 heterocycles. The molecule has 4 aromatic heterocycles. The normalized spacial score (nSPS) is 11.0. The van der Waals surface area contributed by atoms with E-state index >= 15 is 0 Å². The second kappa shape index (κ2) is 5.86. The van der Waals surface area contributed by atoms with Crippen molar-refractivity contribution < 1.29 is 4.79 Å². The van der Waals surface area contributed by atoms with E-state index in [9.17, 15) is 4.79 Å². The van der Waals surface area contributed by atoms with Crippen LogP contribution in [-0.2, 0) is 0 Å². The quantitative estimate of drug-likeness (QED) is 0.604. The van der Waals surface area contributed by atoms with Crippen LogP contribution < -0.4 is 5.32 Å². The van der Waals surface area contributed by atoms with Crippen LogP contribution in [0.2, 0.25) is 0 Å². The van der Waals surface area contributed by atoms with Gasteiger partial charge in [-0.1, -0.05) is 6.07 Å². The molecule has 0 fully saturated rings. The molecule has 0 spiro atoms. The molecule has 0 aliphatic carbocycles. The molecule has 0 saturated heterocycles. The third kappa shape index (κ3) is 2.87. The molecule has 4 rings (SSSR count). The lowest BCUT2D eigenvalue weighted by Gasteiger charge is -2.08. The first-order valence-corrected chi connectivity index (χ1v) is 7.83. The van der Waals surface area contributed by atoms with Gasteiger partial charge < -0.3 is 9.72 Å². The Morgan fingerprint density at radius 1 is 1.20 bits per heavy atom. The van der Waals surface area contributed by atoms with Gasteiger partial charge in [0.15, 0.2) is 0 Å². The molecule has 0 aliphatic heterocycles. The molecule has 7 nitrogen and oxygen atoms in total. The van der Waals surface area contributed by atoms with Crippen molar-refractivity contribution in [3.05, 3.63) is 65.9 Å². The van der Waals surface area contributed by atoms with Gasteiger partial charge in [-0.05, 0) is 37.6 Å². The highest BCUT2D eigenvalue weighted by Crippen LogP contribution is 2.22. The van der Waals surface area contributed by atoms with E-state index in [1.807, 2.05) is 42.8 Å². The van der Waals surface area contributed by atoms with E-state index in [1.54, 1.807) is 24.5 Å². The largest absolute Gasteiger partial charge is 0.306 e. The number of aromatic amines is 1. The number of anilines is 1. The van der Waals surface area contributed by atoms with Crippen LogP contribution in [0.5, 0.6) is 0 Å². The molecule has 4 aromatic rings. The molecule has 1 amide bonds. The molecule has 25 heavy (non-hydrogen) atoms. The van der Waals surface area contributed by atoms with Crippen LogP contribution in [0.1, 0.15) is 21.6 Å². The number of nitrogens with one attached hydrogen (secondary N) is 2. The Labute approximate surface area is 143 Å². The lowest BCUT2D eigenvalue weighted by Crippen LogP contribution is -2.14. The summed E-state index contributed by atoms with van der Waals surface area (Å²) in [5.41, 5.74) is 4.67. The second-order valence-corrected chi connectivity index (χ2v) is 5.90. The summed E-state index contributed by atoms with van der Waals surface area (Å²) in [7, 11) is 0. The predicted molar refractivity (Wildman–Crippen MR) is 94.4 cm³/mol. The summed E-state index contributed by atoms with van der Waals surface area (Å²) in [6, 6.07) is 7.41. The topological polar surface area (TPSA) is 88.0 Å². The Kier molecular flexibility index (Phi) is 3.53. The minimum atomic E-state index is -0.259. The number of rotatable bonds is 3. The van der Waals surface area contributed by atoms with E-state index < -0.39 is 0 Å². The Morgan fingerprint density at radius 3 is 2.80 bits per heavy atom.